The fourth-order valence-electron chi connectivity index (χ4n) is 2.09. The molecule has 2 aromatic heterocycles. The predicted octanol–water partition coefficient (Wildman–Crippen LogP) is -0.937. The standard InChI is InChI=1S/C11H17N9O/c12-11-14-9(13-2-1-8-16-18-19-17-8)7-10(15-11)20-3-5-21-6-4-20/h7H,1-6H2,(H3,12,13,14,15)(H,16,17,18,19). The Balaban J connectivity index is 1.63. The first-order chi connectivity index (χ1) is 10.3. The van der Waals surface area contributed by atoms with Gasteiger partial charge in [-0.05, 0) is 0 Å². The highest BCUT2D eigenvalue weighted by Gasteiger charge is 2.14. The van der Waals surface area contributed by atoms with Crippen molar-refractivity contribution in [1.82, 2.24) is 30.6 Å². The third-order valence-electron chi connectivity index (χ3n) is 3.11. The molecule has 0 aromatic carbocycles. The second-order valence-corrected chi connectivity index (χ2v) is 4.57. The van der Waals surface area contributed by atoms with E-state index in [0.29, 0.717) is 37.8 Å². The van der Waals surface area contributed by atoms with Crippen molar-refractivity contribution < 1.29 is 4.74 Å². The van der Waals surface area contributed by atoms with Crippen molar-refractivity contribution >= 4 is 17.6 Å². The van der Waals surface area contributed by atoms with Gasteiger partial charge in [-0.15, -0.1) is 10.2 Å². The molecule has 0 unspecified atom stereocenters. The molecule has 10 heteroatoms. The van der Waals surface area contributed by atoms with Crippen molar-refractivity contribution in [1.29, 1.82) is 0 Å². The quantitative estimate of drug-likeness (QED) is 0.638. The molecule has 1 aliphatic rings. The molecule has 0 aliphatic carbocycles. The molecule has 112 valence electrons. The Kier molecular flexibility index (Phi) is 4.05. The van der Waals surface area contributed by atoms with Gasteiger partial charge in [-0.2, -0.15) is 15.2 Å². The van der Waals surface area contributed by atoms with Crippen molar-refractivity contribution in [3.8, 4) is 0 Å². The zero-order valence-corrected chi connectivity index (χ0v) is 11.5. The fourth-order valence-corrected chi connectivity index (χ4v) is 2.09. The highest BCUT2D eigenvalue weighted by molar-refractivity contribution is 5.52. The predicted molar refractivity (Wildman–Crippen MR) is 75.8 cm³/mol. The first-order valence-corrected chi connectivity index (χ1v) is 6.75. The Bertz CT molecular complexity index is 567. The summed E-state index contributed by atoms with van der Waals surface area (Å²) in [4.78, 5) is 10.6. The lowest BCUT2D eigenvalue weighted by atomic mass is 10.3. The summed E-state index contributed by atoms with van der Waals surface area (Å²) in [5, 5.41) is 16.9. The van der Waals surface area contributed by atoms with Gasteiger partial charge in [0.25, 0.3) is 0 Å². The molecule has 1 fully saturated rings. The summed E-state index contributed by atoms with van der Waals surface area (Å²) in [6.07, 6.45) is 0.646. The zero-order chi connectivity index (χ0) is 14.5. The van der Waals surface area contributed by atoms with Gasteiger partial charge >= 0.3 is 0 Å². The number of nitrogen functional groups attached to an aromatic ring is 1. The van der Waals surface area contributed by atoms with Crippen LogP contribution in [0, 0.1) is 0 Å². The van der Waals surface area contributed by atoms with Crippen LogP contribution in [0.2, 0.25) is 0 Å². The van der Waals surface area contributed by atoms with Crippen LogP contribution in [0.1, 0.15) is 5.82 Å². The van der Waals surface area contributed by atoms with Crippen molar-refractivity contribution in [3.05, 3.63) is 11.9 Å². The normalized spacial score (nSPS) is 15.1. The van der Waals surface area contributed by atoms with Gasteiger partial charge < -0.3 is 20.7 Å². The van der Waals surface area contributed by atoms with Gasteiger partial charge in [0.15, 0.2) is 5.82 Å². The van der Waals surface area contributed by atoms with Gasteiger partial charge in [0, 0.05) is 32.1 Å². The smallest absolute Gasteiger partial charge is 0.223 e. The topological polar surface area (TPSA) is 131 Å². The Labute approximate surface area is 121 Å². The first kappa shape index (κ1) is 13.5. The number of tetrazole rings is 1. The largest absolute Gasteiger partial charge is 0.378 e. The van der Waals surface area contributed by atoms with Crippen molar-refractivity contribution in [3.63, 3.8) is 0 Å². The molecule has 21 heavy (non-hydrogen) atoms. The van der Waals surface area contributed by atoms with E-state index in [2.05, 4.69) is 40.8 Å². The third kappa shape index (κ3) is 3.54. The Morgan fingerprint density at radius 2 is 2.19 bits per heavy atom. The SMILES string of the molecule is Nc1nc(NCCc2nn[nH]n2)cc(N2CCOCC2)n1. The lowest BCUT2D eigenvalue weighted by molar-refractivity contribution is 0.122. The van der Waals surface area contributed by atoms with E-state index in [1.165, 1.54) is 0 Å². The van der Waals surface area contributed by atoms with Gasteiger partial charge in [-0.25, -0.2) is 0 Å². The molecule has 10 nitrogen and oxygen atoms in total. The summed E-state index contributed by atoms with van der Waals surface area (Å²) in [5.41, 5.74) is 5.77. The van der Waals surface area contributed by atoms with E-state index in [1.54, 1.807) is 0 Å². The number of aromatic amines is 1. The van der Waals surface area contributed by atoms with Crippen molar-refractivity contribution in [2.75, 3.05) is 48.8 Å². The van der Waals surface area contributed by atoms with Crippen LogP contribution in [-0.2, 0) is 11.2 Å². The fraction of sp³-hybridized carbons (Fsp3) is 0.545. The lowest BCUT2D eigenvalue weighted by Crippen LogP contribution is -2.37. The van der Waals surface area contributed by atoms with Gasteiger partial charge in [-0.3, -0.25) is 0 Å². The molecule has 0 saturated carbocycles. The Morgan fingerprint density at radius 1 is 1.33 bits per heavy atom. The van der Waals surface area contributed by atoms with E-state index in [0.717, 1.165) is 18.9 Å². The molecule has 0 radical (unpaired) electrons. The molecule has 0 atom stereocenters. The molecular weight excluding hydrogens is 274 g/mol. The average Bonchev–Trinajstić information content (AvgIpc) is 3.01. The Morgan fingerprint density at radius 3 is 2.95 bits per heavy atom. The number of ether oxygens (including phenoxy) is 1. The molecule has 3 rings (SSSR count). The van der Waals surface area contributed by atoms with Crippen LogP contribution < -0.4 is 16.0 Å². The Hall–Kier alpha value is -2.49. The van der Waals surface area contributed by atoms with E-state index in [9.17, 15) is 0 Å². The number of hydrogen-bond acceptors (Lipinski definition) is 9. The van der Waals surface area contributed by atoms with Crippen LogP contribution in [0.15, 0.2) is 6.07 Å². The molecule has 1 saturated heterocycles. The monoisotopic (exact) mass is 291 g/mol. The molecule has 4 N–H and O–H groups in total. The number of hydrogen-bond donors (Lipinski definition) is 3. The third-order valence-corrected chi connectivity index (χ3v) is 3.11. The summed E-state index contributed by atoms with van der Waals surface area (Å²) in [7, 11) is 0. The zero-order valence-electron chi connectivity index (χ0n) is 11.5. The molecule has 3 heterocycles. The van der Waals surface area contributed by atoms with Gasteiger partial charge in [0.1, 0.15) is 11.6 Å². The summed E-state index contributed by atoms with van der Waals surface area (Å²) < 4.78 is 5.33. The van der Waals surface area contributed by atoms with Gasteiger partial charge in [-0.1, -0.05) is 5.21 Å². The van der Waals surface area contributed by atoms with Crippen LogP contribution in [0.4, 0.5) is 17.6 Å². The number of anilines is 3. The number of nitrogens with one attached hydrogen (secondary N) is 2. The second kappa shape index (κ2) is 6.31. The molecule has 0 spiro atoms. The molecular formula is C11H17N9O. The van der Waals surface area contributed by atoms with Crippen LogP contribution in [0.3, 0.4) is 0 Å². The highest BCUT2D eigenvalue weighted by atomic mass is 16.5. The van der Waals surface area contributed by atoms with E-state index >= 15 is 0 Å². The van der Waals surface area contributed by atoms with Crippen LogP contribution in [0.25, 0.3) is 0 Å². The molecule has 1 aliphatic heterocycles. The minimum absolute atomic E-state index is 0.251. The molecule has 0 amide bonds. The number of nitrogens with zero attached hydrogens (tertiary/aromatic N) is 6. The maximum atomic E-state index is 5.77. The van der Waals surface area contributed by atoms with E-state index in [-0.39, 0.29) is 5.95 Å². The van der Waals surface area contributed by atoms with Crippen LogP contribution >= 0.6 is 0 Å². The van der Waals surface area contributed by atoms with E-state index in [1.807, 2.05) is 6.07 Å². The highest BCUT2D eigenvalue weighted by Crippen LogP contribution is 2.18. The van der Waals surface area contributed by atoms with E-state index < -0.39 is 0 Å². The van der Waals surface area contributed by atoms with Crippen molar-refractivity contribution in [2.24, 2.45) is 0 Å². The lowest BCUT2D eigenvalue weighted by Gasteiger charge is -2.28. The summed E-state index contributed by atoms with van der Waals surface area (Å²) in [5.74, 6) is 2.40. The summed E-state index contributed by atoms with van der Waals surface area (Å²) in [6, 6.07) is 1.89. The second-order valence-electron chi connectivity index (χ2n) is 4.57. The van der Waals surface area contributed by atoms with Crippen LogP contribution in [-0.4, -0.2) is 63.4 Å². The average molecular weight is 291 g/mol. The number of rotatable bonds is 5. The number of H-pyrrole nitrogens is 1. The van der Waals surface area contributed by atoms with E-state index in [4.69, 9.17) is 10.5 Å². The number of nitrogens with two attached hydrogens (primary N) is 1. The number of morpholine rings is 1. The van der Waals surface area contributed by atoms with Crippen LogP contribution in [0.5, 0.6) is 0 Å². The minimum atomic E-state index is 0.251. The van der Waals surface area contributed by atoms with Gasteiger partial charge in [0.05, 0.1) is 13.2 Å². The minimum Gasteiger partial charge on any atom is -0.378 e. The van der Waals surface area contributed by atoms with Crippen molar-refractivity contribution in [2.45, 2.75) is 6.42 Å². The molecule has 2 aromatic rings. The van der Waals surface area contributed by atoms with Gasteiger partial charge in [0.2, 0.25) is 5.95 Å². The number of aromatic nitrogens is 6. The maximum Gasteiger partial charge on any atom is 0.223 e. The summed E-state index contributed by atoms with van der Waals surface area (Å²) >= 11 is 0. The summed E-state index contributed by atoms with van der Waals surface area (Å²) in [6.45, 7) is 3.64. The maximum absolute atomic E-state index is 5.77. The first-order valence-electron chi connectivity index (χ1n) is 6.75. The molecule has 0 bridgehead atoms.